The molecule has 0 heterocycles. The molecule has 4 nitrogen and oxygen atoms in total. The van der Waals surface area contributed by atoms with Crippen molar-refractivity contribution >= 4 is 11.7 Å². The van der Waals surface area contributed by atoms with Crippen LogP contribution in [0.15, 0.2) is 24.3 Å². The molecule has 4 N–H and O–H groups in total. The van der Waals surface area contributed by atoms with E-state index in [1.165, 1.54) is 0 Å². The molecule has 0 aromatic heterocycles. The summed E-state index contributed by atoms with van der Waals surface area (Å²) in [6, 6.07) is 5.62. The lowest BCUT2D eigenvalue weighted by Crippen LogP contribution is -2.49. The van der Waals surface area contributed by atoms with E-state index in [9.17, 15) is 18.0 Å². The van der Waals surface area contributed by atoms with Gasteiger partial charge in [0, 0.05) is 11.7 Å². The maximum atomic E-state index is 12.7. The van der Waals surface area contributed by atoms with Gasteiger partial charge in [-0.3, -0.25) is 0 Å². The number of urea groups is 1. The third-order valence-electron chi connectivity index (χ3n) is 3.32. The van der Waals surface area contributed by atoms with E-state index in [0.29, 0.717) is 5.69 Å². The first kappa shape index (κ1) is 14.6. The predicted octanol–water partition coefficient (Wildman–Crippen LogP) is 2.92. The minimum absolute atomic E-state index is 0.0796. The van der Waals surface area contributed by atoms with Crippen molar-refractivity contribution in [1.29, 1.82) is 0 Å². The van der Waals surface area contributed by atoms with Crippen molar-refractivity contribution in [2.75, 3.05) is 5.32 Å². The molecule has 2 amide bonds. The van der Waals surface area contributed by atoms with Gasteiger partial charge in [-0.2, -0.15) is 13.2 Å². The van der Waals surface area contributed by atoms with Gasteiger partial charge in [0.15, 0.2) is 0 Å². The molecule has 0 bridgehead atoms. The third kappa shape index (κ3) is 3.04. The first-order valence-electron chi connectivity index (χ1n) is 6.25. The number of carbonyl (C=O) groups is 1. The zero-order valence-electron chi connectivity index (χ0n) is 10.9. The van der Waals surface area contributed by atoms with E-state index in [0.717, 1.165) is 5.56 Å². The van der Waals surface area contributed by atoms with Crippen LogP contribution >= 0.6 is 0 Å². The average molecular weight is 287 g/mol. The van der Waals surface area contributed by atoms with E-state index < -0.39 is 17.7 Å². The number of hydrogen-bond acceptors (Lipinski definition) is 2. The van der Waals surface area contributed by atoms with Crippen molar-refractivity contribution in [3.8, 4) is 0 Å². The molecular weight excluding hydrogens is 271 g/mol. The summed E-state index contributed by atoms with van der Waals surface area (Å²) in [4.78, 5) is 11.6. The summed E-state index contributed by atoms with van der Waals surface area (Å²) in [6.07, 6.45) is -4.58. The summed E-state index contributed by atoms with van der Waals surface area (Å²) in [5, 5.41) is 4.40. The molecule has 20 heavy (non-hydrogen) atoms. The van der Waals surface area contributed by atoms with Gasteiger partial charge >= 0.3 is 12.2 Å². The Labute approximate surface area is 114 Å². The maximum absolute atomic E-state index is 12.7. The zero-order valence-corrected chi connectivity index (χ0v) is 10.9. The molecule has 0 aliphatic heterocycles. The second-order valence-corrected chi connectivity index (χ2v) is 5.07. The van der Waals surface area contributed by atoms with Crippen LogP contribution in [0.25, 0.3) is 0 Å². The average Bonchev–Trinajstić information content (AvgIpc) is 3.09. The lowest BCUT2D eigenvalue weighted by molar-refractivity contribution is -0.162. The molecule has 1 aliphatic rings. The van der Waals surface area contributed by atoms with Crippen LogP contribution in [0.2, 0.25) is 0 Å². The monoisotopic (exact) mass is 287 g/mol. The second-order valence-electron chi connectivity index (χ2n) is 5.07. The molecule has 1 unspecified atom stereocenters. The topological polar surface area (TPSA) is 67.1 Å². The van der Waals surface area contributed by atoms with Crippen molar-refractivity contribution in [3.05, 3.63) is 29.8 Å². The van der Waals surface area contributed by atoms with E-state index in [1.807, 2.05) is 5.32 Å². The number of hydrogen-bond donors (Lipinski definition) is 3. The van der Waals surface area contributed by atoms with Crippen molar-refractivity contribution in [1.82, 2.24) is 5.32 Å². The minimum Gasteiger partial charge on any atom is -0.324 e. The second kappa shape index (κ2) is 4.97. The highest BCUT2D eigenvalue weighted by molar-refractivity contribution is 5.90. The fourth-order valence-corrected chi connectivity index (χ4v) is 1.88. The van der Waals surface area contributed by atoms with Crippen molar-refractivity contribution in [2.24, 2.45) is 5.73 Å². The molecule has 110 valence electrons. The van der Waals surface area contributed by atoms with E-state index in [2.05, 4.69) is 5.32 Å². The summed E-state index contributed by atoms with van der Waals surface area (Å²) >= 11 is 0. The lowest BCUT2D eigenvalue weighted by atomic mass is 10.1. The Morgan fingerprint density at radius 3 is 2.55 bits per heavy atom. The normalized spacial score (nSPS) is 18.2. The van der Waals surface area contributed by atoms with Gasteiger partial charge in [0.05, 0.1) is 0 Å². The van der Waals surface area contributed by atoms with Gasteiger partial charge in [-0.1, -0.05) is 12.1 Å². The minimum atomic E-state index is -4.42. The molecule has 1 aliphatic carbocycles. The van der Waals surface area contributed by atoms with Crippen LogP contribution in [0.4, 0.5) is 23.7 Å². The molecule has 1 saturated carbocycles. The van der Waals surface area contributed by atoms with Gasteiger partial charge in [-0.25, -0.2) is 4.79 Å². The Morgan fingerprint density at radius 2 is 2.05 bits per heavy atom. The Bertz CT molecular complexity index is 510. The number of benzene rings is 1. The Morgan fingerprint density at radius 1 is 1.40 bits per heavy atom. The van der Waals surface area contributed by atoms with Crippen molar-refractivity contribution in [2.45, 2.75) is 37.5 Å². The predicted molar refractivity (Wildman–Crippen MR) is 69.2 cm³/mol. The van der Waals surface area contributed by atoms with Crippen LogP contribution in [0.3, 0.4) is 0 Å². The number of carbonyl (C=O) groups excluding carboxylic acids is 1. The molecule has 0 saturated heterocycles. The number of anilines is 1. The Hall–Kier alpha value is -1.76. The van der Waals surface area contributed by atoms with Crippen LogP contribution in [-0.4, -0.2) is 17.7 Å². The van der Waals surface area contributed by atoms with Crippen LogP contribution in [0.1, 0.15) is 31.4 Å². The van der Waals surface area contributed by atoms with Gasteiger partial charge in [0.2, 0.25) is 0 Å². The molecular formula is C13H16F3N3O. The SMILES string of the molecule is CC(N)c1cccc(NC(=O)NC2(C(F)(F)F)CC2)c1. The highest BCUT2D eigenvalue weighted by atomic mass is 19.4. The van der Waals surface area contributed by atoms with Crippen LogP contribution < -0.4 is 16.4 Å². The van der Waals surface area contributed by atoms with E-state index in [-0.39, 0.29) is 18.9 Å². The number of nitrogens with one attached hydrogen (secondary N) is 2. The molecule has 0 spiro atoms. The molecule has 2 rings (SSSR count). The van der Waals surface area contributed by atoms with E-state index in [4.69, 9.17) is 5.73 Å². The van der Waals surface area contributed by atoms with Crippen LogP contribution in [-0.2, 0) is 0 Å². The largest absolute Gasteiger partial charge is 0.411 e. The first-order valence-corrected chi connectivity index (χ1v) is 6.25. The first-order chi connectivity index (χ1) is 9.23. The number of halogens is 3. The molecule has 1 fully saturated rings. The standard InChI is InChI=1S/C13H16F3N3O/c1-8(17)9-3-2-4-10(7-9)18-11(20)19-12(5-6-12)13(14,15)16/h2-4,7-8H,5-6,17H2,1H3,(H2,18,19,20). The Kier molecular flexibility index (Phi) is 3.64. The number of nitrogens with two attached hydrogens (primary N) is 1. The summed E-state index contributed by atoms with van der Waals surface area (Å²) in [6.45, 7) is 1.78. The van der Waals surface area contributed by atoms with Crippen LogP contribution in [0.5, 0.6) is 0 Å². The number of alkyl halides is 3. The molecule has 7 heteroatoms. The van der Waals surface area contributed by atoms with Gasteiger partial charge in [-0.05, 0) is 37.5 Å². The molecule has 1 aromatic carbocycles. The Balaban J connectivity index is 2.01. The maximum Gasteiger partial charge on any atom is 0.411 e. The summed E-state index contributed by atoms with van der Waals surface area (Å²) in [7, 11) is 0. The smallest absolute Gasteiger partial charge is 0.324 e. The number of rotatable bonds is 3. The summed E-state index contributed by atoms with van der Waals surface area (Å²) in [5.41, 5.74) is 4.85. The zero-order chi connectivity index (χ0) is 15.0. The van der Waals surface area contributed by atoms with E-state index in [1.54, 1.807) is 31.2 Å². The van der Waals surface area contributed by atoms with Crippen LogP contribution in [0, 0.1) is 0 Å². The third-order valence-corrected chi connectivity index (χ3v) is 3.32. The van der Waals surface area contributed by atoms with Gasteiger partial charge < -0.3 is 16.4 Å². The van der Waals surface area contributed by atoms with E-state index >= 15 is 0 Å². The number of amides is 2. The van der Waals surface area contributed by atoms with Crippen molar-refractivity contribution < 1.29 is 18.0 Å². The highest BCUT2D eigenvalue weighted by Crippen LogP contribution is 2.48. The highest BCUT2D eigenvalue weighted by Gasteiger charge is 2.64. The fourth-order valence-electron chi connectivity index (χ4n) is 1.88. The van der Waals surface area contributed by atoms with Gasteiger partial charge in [-0.15, -0.1) is 0 Å². The van der Waals surface area contributed by atoms with Crippen molar-refractivity contribution in [3.63, 3.8) is 0 Å². The molecule has 0 radical (unpaired) electrons. The fraction of sp³-hybridized carbons (Fsp3) is 0.462. The molecule has 1 aromatic rings. The summed E-state index contributed by atoms with van der Waals surface area (Å²) < 4.78 is 38.1. The molecule has 1 atom stereocenters. The quantitative estimate of drug-likeness (QED) is 0.800. The van der Waals surface area contributed by atoms with Gasteiger partial charge in [0.1, 0.15) is 5.54 Å². The summed E-state index contributed by atoms with van der Waals surface area (Å²) in [5.74, 6) is 0. The lowest BCUT2D eigenvalue weighted by Gasteiger charge is -2.21. The van der Waals surface area contributed by atoms with Gasteiger partial charge in [0.25, 0.3) is 0 Å².